The molecule has 0 radical (unpaired) electrons. The van der Waals surface area contributed by atoms with Crippen LogP contribution in [0.3, 0.4) is 0 Å². The molecule has 5 nitrogen and oxygen atoms in total. The Bertz CT molecular complexity index is 972. The van der Waals surface area contributed by atoms with Crippen molar-refractivity contribution >= 4 is 40.2 Å². The third-order valence-corrected chi connectivity index (χ3v) is 4.69. The minimum atomic E-state index is -0.857. The number of benzene rings is 2. The molecule has 0 aliphatic carbocycles. The summed E-state index contributed by atoms with van der Waals surface area (Å²) in [7, 11) is 0. The highest BCUT2D eigenvalue weighted by atomic mass is 35.5. The lowest BCUT2D eigenvalue weighted by molar-refractivity contribution is 0.0525. The monoisotopic (exact) mass is 375 g/mol. The molecule has 2 N–H and O–H groups in total. The number of esters is 1. The van der Waals surface area contributed by atoms with Crippen molar-refractivity contribution in [2.75, 3.05) is 12.4 Å². The first-order chi connectivity index (χ1) is 12.1. The van der Waals surface area contributed by atoms with Gasteiger partial charge in [0, 0.05) is 21.1 Å². The summed E-state index contributed by atoms with van der Waals surface area (Å²) in [6.45, 7) is 0.121. The fourth-order valence-corrected chi connectivity index (χ4v) is 3.25. The number of hydrogen-bond acceptors (Lipinski definition) is 5. The van der Waals surface area contributed by atoms with E-state index in [0.717, 1.165) is 4.90 Å². The lowest BCUT2D eigenvalue weighted by atomic mass is 10.1. The first kappa shape index (κ1) is 17.4. The van der Waals surface area contributed by atoms with Gasteiger partial charge in [0.2, 0.25) is 0 Å². The largest absolute Gasteiger partial charge is 0.506 e. The Morgan fingerprint density at radius 2 is 1.96 bits per heavy atom. The third-order valence-electron chi connectivity index (χ3n) is 3.48. The molecule has 0 saturated carbocycles. The van der Waals surface area contributed by atoms with Crippen LogP contribution in [-0.2, 0) is 4.74 Å². The van der Waals surface area contributed by atoms with Gasteiger partial charge in [-0.2, -0.15) is 0 Å². The van der Waals surface area contributed by atoms with Crippen molar-refractivity contribution in [3.63, 3.8) is 0 Å². The number of aromatic amines is 1. The van der Waals surface area contributed by atoms with Crippen LogP contribution in [-0.4, -0.2) is 28.4 Å². The van der Waals surface area contributed by atoms with E-state index >= 15 is 0 Å². The zero-order chi connectivity index (χ0) is 17.8. The van der Waals surface area contributed by atoms with Gasteiger partial charge in [0.1, 0.15) is 12.4 Å². The number of carbonyl (C=O) groups excluding carboxylic acids is 1. The van der Waals surface area contributed by atoms with Crippen molar-refractivity contribution in [3.05, 3.63) is 69.5 Å². The summed E-state index contributed by atoms with van der Waals surface area (Å²) in [5, 5.41) is 11.0. The molecule has 2 aromatic carbocycles. The number of rotatable bonds is 5. The highest BCUT2D eigenvalue weighted by Crippen LogP contribution is 2.27. The molecule has 7 heteroatoms. The average Bonchev–Trinajstić information content (AvgIpc) is 2.59. The summed E-state index contributed by atoms with van der Waals surface area (Å²) in [5.41, 5.74) is -0.765. The summed E-state index contributed by atoms with van der Waals surface area (Å²) in [6.07, 6.45) is 0. The maximum Gasteiger partial charge on any atom is 0.347 e. The van der Waals surface area contributed by atoms with E-state index in [1.54, 1.807) is 6.07 Å². The molecule has 0 saturated heterocycles. The number of carbonyl (C=O) groups is 1. The van der Waals surface area contributed by atoms with Crippen LogP contribution in [0.4, 0.5) is 0 Å². The maximum atomic E-state index is 12.2. The highest BCUT2D eigenvalue weighted by molar-refractivity contribution is 7.99. The SMILES string of the molecule is O=C(OCCSc1ccccc1)c1c(O)c2ccc(Cl)cc2[nH]c1=O. The number of thioether (sulfide) groups is 1. The number of fused-ring (bicyclic) bond motifs is 1. The second kappa shape index (κ2) is 7.63. The van der Waals surface area contributed by atoms with E-state index in [-0.39, 0.29) is 6.61 Å². The van der Waals surface area contributed by atoms with E-state index in [1.165, 1.54) is 23.9 Å². The molecule has 128 valence electrons. The number of aromatic hydroxyl groups is 1. The van der Waals surface area contributed by atoms with Gasteiger partial charge < -0.3 is 14.8 Å². The van der Waals surface area contributed by atoms with Gasteiger partial charge >= 0.3 is 5.97 Å². The summed E-state index contributed by atoms with van der Waals surface area (Å²) in [5.74, 6) is -0.724. The lowest BCUT2D eigenvalue weighted by Gasteiger charge is -2.08. The van der Waals surface area contributed by atoms with E-state index in [1.807, 2.05) is 30.3 Å². The van der Waals surface area contributed by atoms with Crippen LogP contribution in [0.2, 0.25) is 5.02 Å². The van der Waals surface area contributed by atoms with Crippen molar-refractivity contribution in [1.29, 1.82) is 0 Å². The average molecular weight is 376 g/mol. The predicted octanol–water partition coefficient (Wildman–Crippen LogP) is 3.84. The first-order valence-corrected chi connectivity index (χ1v) is 8.82. The van der Waals surface area contributed by atoms with Crippen molar-refractivity contribution < 1.29 is 14.6 Å². The van der Waals surface area contributed by atoms with Gasteiger partial charge in [0.25, 0.3) is 5.56 Å². The summed E-state index contributed by atoms with van der Waals surface area (Å²) in [6, 6.07) is 14.3. The van der Waals surface area contributed by atoms with Crippen LogP contribution < -0.4 is 5.56 Å². The molecule has 1 aromatic heterocycles. The van der Waals surface area contributed by atoms with Crippen LogP contribution in [0.25, 0.3) is 10.9 Å². The van der Waals surface area contributed by atoms with Crippen molar-refractivity contribution in [2.24, 2.45) is 0 Å². The normalized spacial score (nSPS) is 10.8. The second-order valence-corrected chi connectivity index (χ2v) is 6.77. The molecular formula is C18H14ClNO4S. The van der Waals surface area contributed by atoms with Crippen LogP contribution in [0.5, 0.6) is 5.75 Å². The van der Waals surface area contributed by atoms with E-state index in [9.17, 15) is 14.7 Å². The molecule has 0 aliphatic rings. The molecule has 0 unspecified atom stereocenters. The molecule has 1 heterocycles. The molecular weight excluding hydrogens is 362 g/mol. The molecule has 0 bridgehead atoms. The molecule has 0 amide bonds. The number of hydrogen-bond donors (Lipinski definition) is 2. The maximum absolute atomic E-state index is 12.2. The van der Waals surface area contributed by atoms with Crippen LogP contribution >= 0.6 is 23.4 Å². The Kier molecular flexibility index (Phi) is 5.31. The highest BCUT2D eigenvalue weighted by Gasteiger charge is 2.20. The lowest BCUT2D eigenvalue weighted by Crippen LogP contribution is -2.20. The van der Waals surface area contributed by atoms with Gasteiger partial charge in [-0.1, -0.05) is 29.8 Å². The van der Waals surface area contributed by atoms with Gasteiger partial charge in [-0.3, -0.25) is 4.79 Å². The number of H-pyrrole nitrogens is 1. The molecule has 3 rings (SSSR count). The second-order valence-electron chi connectivity index (χ2n) is 5.17. The van der Waals surface area contributed by atoms with Gasteiger partial charge in [-0.05, 0) is 30.3 Å². The van der Waals surface area contributed by atoms with Crippen molar-refractivity contribution in [2.45, 2.75) is 4.90 Å². The smallest absolute Gasteiger partial charge is 0.347 e. The standard InChI is InChI=1S/C18H14ClNO4S/c19-11-6-7-13-14(10-11)20-17(22)15(16(13)21)18(23)24-8-9-25-12-4-2-1-3-5-12/h1-7,10H,8-9H2,(H2,20,21,22). The van der Waals surface area contributed by atoms with Gasteiger partial charge in [-0.25, -0.2) is 4.79 Å². The van der Waals surface area contributed by atoms with Crippen molar-refractivity contribution in [1.82, 2.24) is 4.98 Å². The summed E-state index contributed by atoms with van der Waals surface area (Å²) >= 11 is 7.39. The Morgan fingerprint density at radius 1 is 1.20 bits per heavy atom. The first-order valence-electron chi connectivity index (χ1n) is 7.46. The fourth-order valence-electron chi connectivity index (χ4n) is 2.33. The number of ether oxygens (including phenoxy) is 1. The molecule has 3 aromatic rings. The third kappa shape index (κ3) is 3.97. The quantitative estimate of drug-likeness (QED) is 0.402. The van der Waals surface area contributed by atoms with Crippen LogP contribution in [0, 0.1) is 0 Å². The number of aromatic nitrogens is 1. The van der Waals surface area contributed by atoms with E-state index in [0.29, 0.717) is 21.7 Å². The molecule has 0 aliphatic heterocycles. The van der Waals surface area contributed by atoms with E-state index in [2.05, 4.69) is 4.98 Å². The Labute approximate surface area is 152 Å². The van der Waals surface area contributed by atoms with E-state index in [4.69, 9.17) is 16.3 Å². The predicted molar refractivity (Wildman–Crippen MR) is 98.7 cm³/mol. The number of halogens is 1. The van der Waals surface area contributed by atoms with Gasteiger partial charge in [-0.15, -0.1) is 11.8 Å². The number of pyridine rings is 1. The van der Waals surface area contributed by atoms with Gasteiger partial charge in [0.15, 0.2) is 5.56 Å². The van der Waals surface area contributed by atoms with Crippen LogP contribution in [0.1, 0.15) is 10.4 Å². The van der Waals surface area contributed by atoms with Crippen LogP contribution in [0.15, 0.2) is 58.2 Å². The minimum absolute atomic E-state index is 0.121. The Morgan fingerprint density at radius 3 is 2.72 bits per heavy atom. The number of nitrogens with one attached hydrogen (secondary N) is 1. The van der Waals surface area contributed by atoms with E-state index < -0.39 is 22.8 Å². The molecule has 0 spiro atoms. The zero-order valence-corrected chi connectivity index (χ0v) is 14.6. The topological polar surface area (TPSA) is 79.4 Å². The molecule has 0 fully saturated rings. The molecule has 25 heavy (non-hydrogen) atoms. The Hall–Kier alpha value is -2.44. The zero-order valence-electron chi connectivity index (χ0n) is 13.0. The fraction of sp³-hybridized carbons (Fsp3) is 0.111. The summed E-state index contributed by atoms with van der Waals surface area (Å²) < 4.78 is 5.12. The Balaban J connectivity index is 1.71. The summed E-state index contributed by atoms with van der Waals surface area (Å²) in [4.78, 5) is 27.9. The minimum Gasteiger partial charge on any atom is -0.506 e. The van der Waals surface area contributed by atoms with Crippen molar-refractivity contribution in [3.8, 4) is 5.75 Å². The van der Waals surface area contributed by atoms with Gasteiger partial charge in [0.05, 0.1) is 5.52 Å². The molecule has 0 atom stereocenters.